The number of carbonyl (C=O) groups excluding carboxylic acids is 1. The first-order valence-corrected chi connectivity index (χ1v) is 12.6. The van der Waals surface area contributed by atoms with Crippen LogP contribution in [0.25, 0.3) is 0 Å². The van der Waals surface area contributed by atoms with E-state index in [9.17, 15) is 4.79 Å². The SMILES string of the molecule is CC(C)(C)COC(=S)S[C@@H]1C(=O)[C@H](SC(=S)OCC(C)(C)C)C1(C)c1ccccc1. The minimum Gasteiger partial charge on any atom is -0.478 e. The molecule has 0 aliphatic heterocycles. The van der Waals surface area contributed by atoms with Crippen molar-refractivity contribution < 1.29 is 14.3 Å². The largest absolute Gasteiger partial charge is 0.478 e. The minimum absolute atomic E-state index is 0.00590. The average Bonchev–Trinajstić information content (AvgIpc) is 2.66. The van der Waals surface area contributed by atoms with Crippen LogP contribution in [0.5, 0.6) is 0 Å². The summed E-state index contributed by atoms with van der Waals surface area (Å²) >= 11 is 13.6. The van der Waals surface area contributed by atoms with Crippen LogP contribution in [-0.4, -0.2) is 38.3 Å². The monoisotopic (exact) mass is 484 g/mol. The van der Waals surface area contributed by atoms with Gasteiger partial charge in [0.15, 0.2) is 5.78 Å². The van der Waals surface area contributed by atoms with Gasteiger partial charge in [-0.2, -0.15) is 0 Å². The third-order valence-corrected chi connectivity index (χ3v) is 8.03. The lowest BCUT2D eigenvalue weighted by Crippen LogP contribution is -2.64. The molecule has 166 valence electrons. The fourth-order valence-electron chi connectivity index (χ4n) is 3.04. The number of ether oxygens (including phenoxy) is 2. The summed E-state index contributed by atoms with van der Waals surface area (Å²) in [5.74, 6) is 0.125. The Balaban J connectivity index is 2.16. The van der Waals surface area contributed by atoms with Gasteiger partial charge < -0.3 is 9.47 Å². The van der Waals surface area contributed by atoms with E-state index in [0.717, 1.165) is 5.56 Å². The summed E-state index contributed by atoms with van der Waals surface area (Å²) < 4.78 is 12.4. The van der Waals surface area contributed by atoms with E-state index in [1.807, 2.05) is 18.2 Å². The zero-order valence-corrected chi connectivity index (χ0v) is 22.1. The molecule has 1 aromatic rings. The van der Waals surface area contributed by atoms with Crippen molar-refractivity contribution in [2.24, 2.45) is 10.8 Å². The van der Waals surface area contributed by atoms with Crippen LogP contribution >= 0.6 is 48.0 Å². The molecule has 1 saturated carbocycles. The molecule has 0 bridgehead atoms. The van der Waals surface area contributed by atoms with Crippen LogP contribution in [0.4, 0.5) is 0 Å². The quantitative estimate of drug-likeness (QED) is 0.446. The average molecular weight is 485 g/mol. The lowest BCUT2D eigenvalue weighted by Gasteiger charge is -2.51. The predicted molar refractivity (Wildman–Crippen MR) is 138 cm³/mol. The minimum atomic E-state index is -0.419. The molecule has 1 aliphatic carbocycles. The smallest absolute Gasteiger partial charge is 0.220 e. The molecular formula is C23H32O3S4. The predicted octanol–water partition coefficient (Wildman–Crippen LogP) is 6.43. The second-order valence-corrected chi connectivity index (χ2v) is 13.7. The van der Waals surface area contributed by atoms with Gasteiger partial charge in [0.25, 0.3) is 0 Å². The summed E-state index contributed by atoms with van der Waals surface area (Å²) in [4.78, 5) is 13.2. The van der Waals surface area contributed by atoms with E-state index in [0.29, 0.717) is 22.0 Å². The number of ketones is 1. The molecular weight excluding hydrogens is 453 g/mol. The second-order valence-electron chi connectivity index (χ2n) is 10.2. The molecule has 0 radical (unpaired) electrons. The first-order valence-electron chi connectivity index (χ1n) is 10.0. The third kappa shape index (κ3) is 6.68. The first kappa shape index (κ1) is 25.6. The maximum Gasteiger partial charge on any atom is 0.220 e. The van der Waals surface area contributed by atoms with Gasteiger partial charge in [-0.3, -0.25) is 4.79 Å². The molecule has 1 fully saturated rings. The summed E-state index contributed by atoms with van der Waals surface area (Å²) in [6.45, 7) is 15.7. The van der Waals surface area contributed by atoms with Crippen LogP contribution < -0.4 is 0 Å². The molecule has 0 heterocycles. The van der Waals surface area contributed by atoms with Crippen molar-refractivity contribution in [2.45, 2.75) is 64.4 Å². The Labute approximate surface area is 200 Å². The Bertz CT molecular complexity index is 736. The number of hydrogen-bond acceptors (Lipinski definition) is 7. The van der Waals surface area contributed by atoms with Gasteiger partial charge in [0.1, 0.15) is 0 Å². The van der Waals surface area contributed by atoms with Crippen molar-refractivity contribution in [3.05, 3.63) is 35.9 Å². The van der Waals surface area contributed by atoms with E-state index in [4.69, 9.17) is 33.9 Å². The first-order chi connectivity index (χ1) is 13.7. The Morgan fingerprint density at radius 2 is 1.30 bits per heavy atom. The van der Waals surface area contributed by atoms with Crippen molar-refractivity contribution in [2.75, 3.05) is 13.2 Å². The topological polar surface area (TPSA) is 35.5 Å². The normalized spacial score (nSPS) is 24.2. The zero-order chi connectivity index (χ0) is 22.7. The second kappa shape index (κ2) is 9.88. The zero-order valence-electron chi connectivity index (χ0n) is 18.8. The molecule has 0 spiro atoms. The van der Waals surface area contributed by atoms with Crippen molar-refractivity contribution in [3.8, 4) is 0 Å². The number of carbonyl (C=O) groups is 1. The van der Waals surface area contributed by atoms with Crippen molar-refractivity contribution >= 4 is 62.5 Å². The highest BCUT2D eigenvalue weighted by Crippen LogP contribution is 2.53. The number of hydrogen-bond donors (Lipinski definition) is 0. The molecule has 30 heavy (non-hydrogen) atoms. The number of rotatable bonds is 5. The van der Waals surface area contributed by atoms with Gasteiger partial charge >= 0.3 is 0 Å². The van der Waals surface area contributed by atoms with Crippen molar-refractivity contribution in [1.29, 1.82) is 0 Å². The van der Waals surface area contributed by atoms with E-state index in [2.05, 4.69) is 60.6 Å². The van der Waals surface area contributed by atoms with Gasteiger partial charge in [-0.15, -0.1) is 0 Å². The van der Waals surface area contributed by atoms with Crippen LogP contribution in [0.2, 0.25) is 0 Å². The van der Waals surface area contributed by atoms with Crippen LogP contribution in [0.1, 0.15) is 54.0 Å². The lowest BCUT2D eigenvalue weighted by molar-refractivity contribution is -0.125. The van der Waals surface area contributed by atoms with Gasteiger partial charge in [0, 0.05) is 5.41 Å². The number of thiocarbonyl (C=S) groups is 2. The lowest BCUT2D eigenvalue weighted by atomic mass is 9.64. The van der Waals surface area contributed by atoms with Crippen LogP contribution in [0, 0.1) is 10.8 Å². The molecule has 0 aromatic heterocycles. The summed E-state index contributed by atoms with van der Waals surface area (Å²) in [6.07, 6.45) is 0. The maximum absolute atomic E-state index is 13.2. The molecule has 1 aromatic carbocycles. The highest BCUT2D eigenvalue weighted by molar-refractivity contribution is 8.25. The summed E-state index contributed by atoms with van der Waals surface area (Å²) in [6, 6.07) is 10.1. The van der Waals surface area contributed by atoms with Gasteiger partial charge in [0.05, 0.1) is 23.7 Å². The molecule has 0 N–H and O–H groups in total. The van der Waals surface area contributed by atoms with Gasteiger partial charge in [-0.05, 0) is 40.8 Å². The number of thioether (sulfide) groups is 2. The van der Waals surface area contributed by atoms with E-state index < -0.39 is 5.41 Å². The van der Waals surface area contributed by atoms with Crippen LogP contribution in [0.15, 0.2) is 30.3 Å². The van der Waals surface area contributed by atoms with E-state index in [-0.39, 0.29) is 27.1 Å². The molecule has 3 nitrogen and oxygen atoms in total. The Kier molecular flexibility index (Phi) is 8.44. The van der Waals surface area contributed by atoms with Gasteiger partial charge in [-0.1, -0.05) is 102 Å². The fraction of sp³-hybridized carbons (Fsp3) is 0.609. The standard InChI is InChI=1S/C23H32O3S4/c1-21(2,3)13-25-19(27)29-17-16(24)18(30-20(28)26-14-22(4,5)6)23(17,7)15-11-9-8-10-12-15/h8-12,17-18H,13-14H2,1-7H3/t17-,18+,23?. The fourth-order valence-corrected chi connectivity index (χ4v) is 6.09. The van der Waals surface area contributed by atoms with Gasteiger partial charge in [0.2, 0.25) is 8.77 Å². The third-order valence-electron chi connectivity index (χ3n) is 4.68. The molecule has 2 rings (SSSR count). The molecule has 0 saturated heterocycles. The summed E-state index contributed by atoms with van der Waals surface area (Å²) in [5, 5.41) is -0.620. The van der Waals surface area contributed by atoms with Gasteiger partial charge in [-0.25, -0.2) is 0 Å². The Morgan fingerprint density at radius 1 is 0.900 bits per heavy atom. The number of benzene rings is 1. The summed E-state index contributed by atoms with van der Waals surface area (Å²) in [5.41, 5.74) is 0.687. The molecule has 3 atom stereocenters. The summed E-state index contributed by atoms with van der Waals surface area (Å²) in [7, 11) is 0. The highest BCUT2D eigenvalue weighted by Gasteiger charge is 2.61. The molecule has 0 amide bonds. The van der Waals surface area contributed by atoms with E-state index >= 15 is 0 Å². The number of Topliss-reactive ketones (excluding diaryl/α,β-unsaturated/α-hetero) is 1. The van der Waals surface area contributed by atoms with Crippen molar-refractivity contribution in [3.63, 3.8) is 0 Å². The Morgan fingerprint density at radius 3 is 1.67 bits per heavy atom. The van der Waals surface area contributed by atoms with Crippen molar-refractivity contribution in [1.82, 2.24) is 0 Å². The molecule has 7 heteroatoms. The van der Waals surface area contributed by atoms with E-state index in [1.165, 1.54) is 23.5 Å². The Hall–Kier alpha value is -0.630. The molecule has 1 aliphatic rings. The van der Waals surface area contributed by atoms with Crippen LogP contribution in [-0.2, 0) is 19.7 Å². The van der Waals surface area contributed by atoms with Crippen LogP contribution in [0.3, 0.4) is 0 Å². The van der Waals surface area contributed by atoms with E-state index in [1.54, 1.807) is 0 Å². The molecule has 1 unspecified atom stereocenters. The highest BCUT2D eigenvalue weighted by atomic mass is 32.2. The maximum atomic E-state index is 13.2.